The van der Waals surface area contributed by atoms with Crippen LogP contribution in [0, 0.1) is 0 Å². The van der Waals surface area contributed by atoms with E-state index in [0.29, 0.717) is 63.2 Å². The summed E-state index contributed by atoms with van der Waals surface area (Å²) in [6.07, 6.45) is 3.51. The van der Waals surface area contributed by atoms with Crippen molar-refractivity contribution in [1.29, 1.82) is 0 Å². The summed E-state index contributed by atoms with van der Waals surface area (Å²) in [5, 5.41) is 9.91. The van der Waals surface area contributed by atoms with E-state index >= 15 is 0 Å². The van der Waals surface area contributed by atoms with Gasteiger partial charge in [-0.3, -0.25) is 0 Å². The van der Waals surface area contributed by atoms with Crippen LogP contribution < -0.4 is 32.2 Å². The number of halogens is 1. The maximum atomic E-state index is 13.0. The molecule has 4 N–H and O–H groups in total. The molecular formula is C28H34ClN5O5W. The number of benzene rings is 1. The zero-order valence-electron chi connectivity index (χ0n) is 23.2. The molecular weight excluding hydrogens is 706 g/mol. The first kappa shape index (κ1) is 31.3. The van der Waals surface area contributed by atoms with Gasteiger partial charge in [-0.05, 0) is 20.8 Å². The average molecular weight is 740 g/mol. The van der Waals surface area contributed by atoms with Gasteiger partial charge in [0.15, 0.2) is 0 Å². The molecule has 0 unspecified atom stereocenters. The minimum absolute atomic E-state index is 0.283. The van der Waals surface area contributed by atoms with Gasteiger partial charge in [-0.25, -0.2) is 4.79 Å². The molecule has 40 heavy (non-hydrogen) atoms. The summed E-state index contributed by atoms with van der Waals surface area (Å²) in [5.41, 5.74) is 2.01. The van der Waals surface area contributed by atoms with Crippen LogP contribution in [-0.2, 0) is 28.8 Å². The Labute approximate surface area is 248 Å². The molecule has 1 aliphatic rings. The molecule has 2 amide bonds. The van der Waals surface area contributed by atoms with Gasteiger partial charge in [0, 0.05) is 0 Å². The van der Waals surface area contributed by atoms with Gasteiger partial charge >= 0.3 is 214 Å². The topological polar surface area (TPSA) is 134 Å². The number of ether oxygens (including phenoxy) is 2. The number of carbonyl (C=O) groups excluding carboxylic acids is 2. The first-order chi connectivity index (χ1) is 18.9. The number of carbonyl (C=O) groups is 2. The van der Waals surface area contributed by atoms with Gasteiger partial charge in [-0.15, -0.1) is 0 Å². The number of rotatable bonds is 10. The Kier molecular flexibility index (Phi) is 10.9. The average Bonchev–Trinajstić information content (AvgIpc) is 3.06. The van der Waals surface area contributed by atoms with E-state index in [1.807, 2.05) is 13.0 Å². The summed E-state index contributed by atoms with van der Waals surface area (Å²) in [5.74, 6) is 0.237. The molecule has 0 aliphatic carbocycles. The Morgan fingerprint density at radius 1 is 1.18 bits per heavy atom. The van der Waals surface area contributed by atoms with E-state index < -0.39 is 11.7 Å². The Morgan fingerprint density at radius 3 is 2.58 bits per heavy atom. The van der Waals surface area contributed by atoms with Crippen molar-refractivity contribution < 1.29 is 38.4 Å². The van der Waals surface area contributed by atoms with Crippen molar-refractivity contribution in [3.8, 4) is 0 Å². The molecule has 2 aromatic rings. The van der Waals surface area contributed by atoms with Gasteiger partial charge in [-0.1, -0.05) is 0 Å². The van der Waals surface area contributed by atoms with Gasteiger partial charge in [0.05, 0.1) is 0 Å². The fraction of sp³-hybridized carbons (Fsp3) is 0.393. The first-order valence-electron chi connectivity index (χ1n) is 12.9. The predicted molar refractivity (Wildman–Crippen MR) is 152 cm³/mol. The normalized spacial score (nSPS) is 12.8. The van der Waals surface area contributed by atoms with E-state index in [9.17, 15) is 14.4 Å². The molecule has 2 heterocycles. The number of nitrogens with zero attached hydrogens (tertiary/aromatic N) is 1. The molecule has 0 saturated carbocycles. The van der Waals surface area contributed by atoms with Crippen LogP contribution in [0.3, 0.4) is 0 Å². The molecule has 0 radical (unpaired) electrons. The number of allylic oxidation sites excluding steroid dienone is 1. The third kappa shape index (κ3) is 8.63. The molecule has 0 saturated heterocycles. The van der Waals surface area contributed by atoms with Crippen LogP contribution in [0.25, 0.3) is 6.08 Å². The van der Waals surface area contributed by atoms with E-state index in [0.717, 1.165) is 36.6 Å². The number of fused-ring (bicyclic) bond motifs is 1. The van der Waals surface area contributed by atoms with Gasteiger partial charge < -0.3 is 4.74 Å². The second kappa shape index (κ2) is 13.9. The van der Waals surface area contributed by atoms with Crippen LogP contribution in [0.5, 0.6) is 0 Å². The summed E-state index contributed by atoms with van der Waals surface area (Å²) in [4.78, 5) is 44.8. The number of hydrogen-bond donors (Lipinski definition) is 4. The van der Waals surface area contributed by atoms with Gasteiger partial charge in [0.2, 0.25) is 0 Å². The van der Waals surface area contributed by atoms with Gasteiger partial charge in [0.1, 0.15) is 5.60 Å². The van der Waals surface area contributed by atoms with Crippen molar-refractivity contribution in [3.05, 3.63) is 72.9 Å². The van der Waals surface area contributed by atoms with Crippen LogP contribution in [0.4, 0.5) is 10.5 Å². The molecule has 0 atom stereocenters. The van der Waals surface area contributed by atoms with Crippen molar-refractivity contribution in [3.63, 3.8) is 0 Å². The number of pyridine rings is 1. The number of anilines is 1. The zero-order valence-corrected chi connectivity index (χ0v) is 26.9. The third-order valence-electron chi connectivity index (χ3n) is 5.78. The number of alkyl carbamates (subject to hydrolysis) is 1. The molecule has 1 aromatic carbocycles. The van der Waals surface area contributed by atoms with Crippen LogP contribution in [0.1, 0.15) is 62.9 Å². The van der Waals surface area contributed by atoms with Crippen molar-refractivity contribution in [2.24, 2.45) is 4.99 Å². The molecule has 10 nitrogen and oxygen atoms in total. The molecule has 0 spiro atoms. The Morgan fingerprint density at radius 2 is 1.90 bits per heavy atom. The summed E-state index contributed by atoms with van der Waals surface area (Å²) in [7, 11) is 1.57. The van der Waals surface area contributed by atoms with Crippen LogP contribution in [-0.4, -0.2) is 46.8 Å². The number of amides is 2. The second-order valence-corrected chi connectivity index (χ2v) is 11.9. The third-order valence-corrected chi connectivity index (χ3v) is 7.27. The Balaban J connectivity index is 1.67. The molecule has 12 heteroatoms. The number of methoxy groups -OCH3 is 1. The number of hydrogen-bond acceptors (Lipinski definition) is 7. The monoisotopic (exact) mass is 739 g/mol. The number of aromatic amines is 1. The van der Waals surface area contributed by atoms with E-state index in [4.69, 9.17) is 21.1 Å². The van der Waals surface area contributed by atoms with Crippen molar-refractivity contribution in [1.82, 2.24) is 15.6 Å². The van der Waals surface area contributed by atoms with Crippen molar-refractivity contribution in [2.45, 2.75) is 52.6 Å². The molecule has 214 valence electrons. The number of nitrogens with one attached hydrogen (secondary N) is 4. The van der Waals surface area contributed by atoms with E-state index in [1.54, 1.807) is 52.1 Å². The number of H-pyrrole nitrogens is 1. The summed E-state index contributed by atoms with van der Waals surface area (Å²) >= 11 is 7.43. The van der Waals surface area contributed by atoms with E-state index in [2.05, 4.69) is 25.9 Å². The summed E-state index contributed by atoms with van der Waals surface area (Å²) < 4.78 is 11.3. The molecule has 0 bridgehead atoms. The Hall–Kier alpha value is -3.23. The van der Waals surface area contributed by atoms with Gasteiger partial charge in [0.25, 0.3) is 0 Å². The fourth-order valence-electron chi connectivity index (χ4n) is 3.79. The van der Waals surface area contributed by atoms with Gasteiger partial charge in [-0.2, -0.15) is 0 Å². The number of aromatic nitrogens is 1. The van der Waals surface area contributed by atoms with Crippen molar-refractivity contribution in [2.75, 3.05) is 25.5 Å². The quantitative estimate of drug-likeness (QED) is 0.277. The molecule has 3 rings (SSSR count). The van der Waals surface area contributed by atoms with E-state index in [-0.39, 0.29) is 11.5 Å². The standard InChI is InChI=1S/C28H34ClN5O5.W/c1-6-17-8-9-18-14-20(25(36)33-23(18)34-26(17)38-5)16-32-22-15-19(10-11-21(22)29)24(35)30-12-7-13-31-27(37)39-28(2,3)4;/h9-11,14-15,32H,6-8,12-13H2,1-5H3,(H,30,35)(H,31,37)(H,33,34,36);. The molecule has 1 aromatic heterocycles. The minimum atomic E-state index is -0.568. The maximum absolute atomic E-state index is 13.0. The summed E-state index contributed by atoms with van der Waals surface area (Å²) in [6, 6.07) is 6.70. The predicted octanol–water partition coefficient (Wildman–Crippen LogP) is 2.88. The fourth-order valence-corrected chi connectivity index (χ4v) is 4.89. The second-order valence-electron chi connectivity index (χ2n) is 9.99. The van der Waals surface area contributed by atoms with Crippen LogP contribution in [0.2, 0.25) is 5.02 Å². The molecule has 0 fully saturated rings. The SMILES string of the molecule is CCC1=C(OC)N=c2[nH]c(=O)c([C](=[W])Nc3cc(C(=O)NCCCNC(=O)OC(C)(C)C)ccc3Cl)cc2=CC1. The van der Waals surface area contributed by atoms with E-state index in [1.165, 1.54) is 0 Å². The van der Waals surface area contributed by atoms with Crippen LogP contribution in [0.15, 0.2) is 45.5 Å². The zero-order chi connectivity index (χ0) is 29.4. The summed E-state index contributed by atoms with van der Waals surface area (Å²) in [6.45, 7) is 8.14. The molecule has 1 aliphatic heterocycles. The first-order valence-corrected chi connectivity index (χ1v) is 14.7. The van der Waals surface area contributed by atoms with Crippen LogP contribution >= 0.6 is 11.6 Å². The van der Waals surface area contributed by atoms with Crippen molar-refractivity contribution >= 4 is 39.4 Å². The Bertz CT molecular complexity index is 1510.